The lowest BCUT2D eigenvalue weighted by Gasteiger charge is -2.02. The Bertz CT molecular complexity index is 429. The number of Topliss-reactive ketones (excluding diaryl/α,β-unsaturated/α-hetero) is 1. The second-order valence-electron chi connectivity index (χ2n) is 2.73. The van der Waals surface area contributed by atoms with E-state index in [0.29, 0.717) is 12.1 Å². The van der Waals surface area contributed by atoms with Crippen molar-refractivity contribution in [2.24, 2.45) is 0 Å². The number of aliphatic carboxylic acids is 1. The van der Waals surface area contributed by atoms with Gasteiger partial charge in [-0.1, -0.05) is 0 Å². The van der Waals surface area contributed by atoms with Crippen LogP contribution in [0.3, 0.4) is 0 Å². The fourth-order valence-corrected chi connectivity index (χ4v) is 0.967. The minimum atomic E-state index is -1.82. The Labute approximate surface area is 82.1 Å². The van der Waals surface area contributed by atoms with Gasteiger partial charge >= 0.3 is 5.97 Å². The Morgan fingerprint density at radius 1 is 1.13 bits per heavy atom. The van der Waals surface area contributed by atoms with Crippen LogP contribution in [-0.2, 0) is 16.0 Å². The lowest BCUT2D eigenvalue weighted by molar-refractivity contribution is -0.148. The average molecular weight is 218 g/mol. The van der Waals surface area contributed by atoms with Crippen molar-refractivity contribution < 1.29 is 27.9 Å². The molecule has 3 nitrogen and oxygen atoms in total. The molecule has 0 fully saturated rings. The van der Waals surface area contributed by atoms with E-state index in [4.69, 9.17) is 5.11 Å². The zero-order chi connectivity index (χ0) is 11.6. The number of hydrogen-bond acceptors (Lipinski definition) is 2. The number of carbonyl (C=O) groups is 2. The van der Waals surface area contributed by atoms with Gasteiger partial charge in [0.2, 0.25) is 5.78 Å². The van der Waals surface area contributed by atoms with Crippen molar-refractivity contribution in [3.63, 3.8) is 0 Å². The van der Waals surface area contributed by atoms with Crippen LogP contribution < -0.4 is 0 Å². The minimum Gasteiger partial charge on any atom is -0.475 e. The maximum Gasteiger partial charge on any atom is 0.372 e. The van der Waals surface area contributed by atoms with E-state index in [-0.39, 0.29) is 0 Å². The Kier molecular flexibility index (Phi) is 3.08. The molecule has 0 aliphatic rings. The van der Waals surface area contributed by atoms with Gasteiger partial charge in [-0.25, -0.2) is 18.0 Å². The molecule has 0 saturated heterocycles. The van der Waals surface area contributed by atoms with E-state index in [2.05, 4.69) is 0 Å². The smallest absolute Gasteiger partial charge is 0.372 e. The summed E-state index contributed by atoms with van der Waals surface area (Å²) in [5, 5.41) is 8.21. The Morgan fingerprint density at radius 3 is 2.20 bits per heavy atom. The van der Waals surface area contributed by atoms with Crippen LogP contribution in [0.5, 0.6) is 0 Å². The molecule has 0 spiro atoms. The van der Waals surface area contributed by atoms with Crippen molar-refractivity contribution in [1.29, 1.82) is 0 Å². The molecule has 80 valence electrons. The summed E-state index contributed by atoms with van der Waals surface area (Å²) >= 11 is 0. The van der Waals surface area contributed by atoms with E-state index in [1.54, 1.807) is 0 Å². The van der Waals surface area contributed by atoms with Crippen molar-refractivity contribution >= 4 is 11.8 Å². The number of rotatable bonds is 3. The van der Waals surface area contributed by atoms with Crippen molar-refractivity contribution in [3.05, 3.63) is 35.1 Å². The third-order valence-corrected chi connectivity index (χ3v) is 1.71. The molecule has 6 heteroatoms. The number of halogens is 3. The molecule has 0 aliphatic carbocycles. The number of carboxylic acid groups (broad SMARTS) is 1. The van der Waals surface area contributed by atoms with Gasteiger partial charge in [-0.3, -0.25) is 4.79 Å². The Balaban J connectivity index is 3.09. The summed E-state index contributed by atoms with van der Waals surface area (Å²) in [5.41, 5.74) is -0.873. The maximum absolute atomic E-state index is 12.9. The molecule has 1 aromatic carbocycles. The molecule has 0 saturated carbocycles. The van der Waals surface area contributed by atoms with Crippen molar-refractivity contribution in [2.75, 3.05) is 0 Å². The van der Waals surface area contributed by atoms with E-state index >= 15 is 0 Å². The van der Waals surface area contributed by atoms with E-state index in [1.165, 1.54) is 0 Å². The number of benzene rings is 1. The van der Waals surface area contributed by atoms with Gasteiger partial charge in [0.15, 0.2) is 11.6 Å². The van der Waals surface area contributed by atoms with E-state index in [1.807, 2.05) is 0 Å². The predicted octanol–water partition coefficient (Wildman–Crippen LogP) is 1.30. The lowest BCUT2D eigenvalue weighted by atomic mass is 10.1. The quantitative estimate of drug-likeness (QED) is 0.614. The molecule has 0 aliphatic heterocycles. The molecular formula is C9H5F3O3. The fraction of sp³-hybridized carbons (Fsp3) is 0.111. The fourth-order valence-electron chi connectivity index (χ4n) is 0.967. The van der Waals surface area contributed by atoms with Crippen molar-refractivity contribution in [3.8, 4) is 0 Å². The first-order valence-electron chi connectivity index (χ1n) is 3.82. The molecule has 1 rings (SSSR count). The number of hydrogen-bond donors (Lipinski definition) is 1. The second kappa shape index (κ2) is 4.12. The van der Waals surface area contributed by atoms with E-state index in [9.17, 15) is 22.8 Å². The van der Waals surface area contributed by atoms with Crippen LogP contribution in [-0.4, -0.2) is 16.9 Å². The number of carbonyl (C=O) groups excluding carboxylic acids is 1. The van der Waals surface area contributed by atoms with Crippen LogP contribution in [0, 0.1) is 17.5 Å². The number of ketones is 1. The predicted molar refractivity (Wildman–Crippen MR) is 42.7 cm³/mol. The first-order chi connectivity index (χ1) is 6.93. The average Bonchev–Trinajstić information content (AvgIpc) is 2.18. The lowest BCUT2D eigenvalue weighted by Crippen LogP contribution is -2.17. The molecule has 0 radical (unpaired) electrons. The molecule has 0 amide bonds. The largest absolute Gasteiger partial charge is 0.475 e. The zero-order valence-electron chi connectivity index (χ0n) is 7.26. The topological polar surface area (TPSA) is 54.4 Å². The van der Waals surface area contributed by atoms with Crippen LogP contribution in [0.4, 0.5) is 13.2 Å². The zero-order valence-corrected chi connectivity index (χ0v) is 7.26. The number of carboxylic acids is 1. The molecule has 0 unspecified atom stereocenters. The highest BCUT2D eigenvalue weighted by Gasteiger charge is 2.20. The summed E-state index contributed by atoms with van der Waals surface area (Å²) in [4.78, 5) is 20.8. The van der Waals surface area contributed by atoms with Gasteiger partial charge < -0.3 is 5.11 Å². The highest BCUT2D eigenvalue weighted by molar-refractivity contribution is 6.33. The molecular weight excluding hydrogens is 213 g/mol. The van der Waals surface area contributed by atoms with Crippen LogP contribution in [0.25, 0.3) is 0 Å². The third kappa shape index (κ3) is 2.34. The van der Waals surface area contributed by atoms with Gasteiger partial charge in [-0.05, 0) is 12.1 Å². The summed E-state index contributed by atoms with van der Waals surface area (Å²) in [6.07, 6.45) is -1.01. The Morgan fingerprint density at radius 2 is 1.67 bits per heavy atom. The summed E-state index contributed by atoms with van der Waals surface area (Å²) < 4.78 is 38.4. The second-order valence-corrected chi connectivity index (χ2v) is 2.73. The summed E-state index contributed by atoms with van der Waals surface area (Å²) in [6, 6.07) is 1.18. The normalized spacial score (nSPS) is 10.1. The van der Waals surface area contributed by atoms with Crippen LogP contribution >= 0.6 is 0 Å². The Hall–Kier alpha value is -1.85. The maximum atomic E-state index is 12.9. The van der Waals surface area contributed by atoms with Gasteiger partial charge in [-0.2, -0.15) is 0 Å². The first kappa shape index (κ1) is 11.2. The van der Waals surface area contributed by atoms with Gasteiger partial charge in [0.1, 0.15) is 5.82 Å². The third-order valence-electron chi connectivity index (χ3n) is 1.71. The van der Waals surface area contributed by atoms with Crippen LogP contribution in [0.2, 0.25) is 0 Å². The standard InChI is InChI=1S/C9H5F3O3/c10-5-1-2-6(11)8(12)4(5)3-7(13)9(14)15/h1-2H,3H2,(H,14,15). The monoisotopic (exact) mass is 218 g/mol. The van der Waals surface area contributed by atoms with Gasteiger partial charge in [0, 0.05) is 12.0 Å². The molecule has 0 heterocycles. The highest BCUT2D eigenvalue weighted by atomic mass is 19.2. The van der Waals surface area contributed by atoms with E-state index in [0.717, 1.165) is 0 Å². The summed E-state index contributed by atoms with van der Waals surface area (Å²) in [5.74, 6) is -7.24. The SMILES string of the molecule is O=C(O)C(=O)Cc1c(F)ccc(F)c1F. The highest BCUT2D eigenvalue weighted by Crippen LogP contribution is 2.16. The summed E-state index contributed by atoms with van der Waals surface area (Å²) in [7, 11) is 0. The molecule has 0 aromatic heterocycles. The van der Waals surface area contributed by atoms with Crippen molar-refractivity contribution in [1.82, 2.24) is 0 Å². The molecule has 1 N–H and O–H groups in total. The minimum absolute atomic E-state index is 0.555. The van der Waals surface area contributed by atoms with Gasteiger partial charge in [0.05, 0.1) is 0 Å². The first-order valence-corrected chi connectivity index (χ1v) is 3.82. The molecule has 0 bridgehead atoms. The van der Waals surface area contributed by atoms with Crippen molar-refractivity contribution in [2.45, 2.75) is 6.42 Å². The van der Waals surface area contributed by atoms with Crippen LogP contribution in [0.15, 0.2) is 12.1 Å². The molecule has 15 heavy (non-hydrogen) atoms. The van der Waals surface area contributed by atoms with E-state index < -0.39 is 41.2 Å². The molecule has 0 atom stereocenters. The van der Waals surface area contributed by atoms with Gasteiger partial charge in [-0.15, -0.1) is 0 Å². The molecule has 1 aromatic rings. The van der Waals surface area contributed by atoms with Gasteiger partial charge in [0.25, 0.3) is 0 Å². The summed E-state index contributed by atoms with van der Waals surface area (Å²) in [6.45, 7) is 0. The van der Waals surface area contributed by atoms with Crippen LogP contribution in [0.1, 0.15) is 5.56 Å².